The highest BCUT2D eigenvalue weighted by Gasteiger charge is 2.21. The molecule has 0 radical (unpaired) electrons. The van der Waals surface area contributed by atoms with E-state index >= 15 is 0 Å². The number of rotatable bonds is 4. The Bertz CT molecular complexity index is 504. The van der Waals surface area contributed by atoms with Crippen molar-refractivity contribution in [2.75, 3.05) is 35.3 Å². The lowest BCUT2D eigenvalue weighted by atomic mass is 10.2. The van der Waals surface area contributed by atoms with Gasteiger partial charge < -0.3 is 15.5 Å². The van der Waals surface area contributed by atoms with Crippen LogP contribution < -0.4 is 15.5 Å². The first-order valence-electron chi connectivity index (χ1n) is 7.13. The van der Waals surface area contributed by atoms with Crippen molar-refractivity contribution in [3.8, 4) is 0 Å². The van der Waals surface area contributed by atoms with Crippen LogP contribution in [-0.4, -0.2) is 43.1 Å². The van der Waals surface area contributed by atoms with Gasteiger partial charge in [0.25, 0.3) is 0 Å². The molecule has 21 heavy (non-hydrogen) atoms. The molecule has 0 aromatic heterocycles. The van der Waals surface area contributed by atoms with Crippen LogP contribution in [0.2, 0.25) is 0 Å². The predicted octanol–water partition coefficient (Wildman–Crippen LogP) is 2.31. The van der Waals surface area contributed by atoms with Crippen molar-refractivity contribution in [1.82, 2.24) is 5.32 Å². The summed E-state index contributed by atoms with van der Waals surface area (Å²) in [5, 5.41) is 5.94. The minimum absolute atomic E-state index is 0.105. The van der Waals surface area contributed by atoms with Gasteiger partial charge in [-0.2, -0.15) is 11.8 Å². The monoisotopic (exact) mass is 311 g/mol. The average molecular weight is 311 g/mol. The molecule has 0 spiro atoms. The maximum Gasteiger partial charge on any atom is 0.242 e. The Hall–Kier alpha value is -1.27. The third-order valence-electron chi connectivity index (χ3n) is 3.61. The molecule has 0 saturated carbocycles. The Kier molecular flexibility index (Phi) is 5.47. The summed E-state index contributed by atoms with van der Waals surface area (Å²) >= 11 is 1.75. The molecule has 0 aliphatic carbocycles. The first-order valence-corrected chi connectivity index (χ1v) is 8.29. The van der Waals surface area contributed by atoms with Crippen molar-refractivity contribution in [2.45, 2.75) is 25.9 Å². The van der Waals surface area contributed by atoms with Gasteiger partial charge >= 0.3 is 0 Å². The van der Waals surface area contributed by atoms with E-state index in [4.69, 9.17) is 0 Å². The zero-order valence-corrected chi connectivity index (χ0v) is 13.5. The number of benzene rings is 1. The maximum absolute atomic E-state index is 14.1. The number of amides is 1. The van der Waals surface area contributed by atoms with Gasteiger partial charge in [-0.1, -0.05) is 0 Å². The third-order valence-corrected chi connectivity index (χ3v) is 4.67. The molecular weight excluding hydrogens is 289 g/mol. The number of carbonyl (C=O) groups is 1. The second-order valence-corrected chi connectivity index (χ2v) is 6.59. The summed E-state index contributed by atoms with van der Waals surface area (Å²) in [5.41, 5.74) is 1.03. The first kappa shape index (κ1) is 16.1. The van der Waals surface area contributed by atoms with Crippen LogP contribution in [0.4, 0.5) is 15.8 Å². The molecule has 2 N–H and O–H groups in total. The minimum atomic E-state index is -0.324. The molecule has 6 heteroatoms. The lowest BCUT2D eigenvalue weighted by Crippen LogP contribution is -2.46. The summed E-state index contributed by atoms with van der Waals surface area (Å²) in [4.78, 5) is 13.9. The van der Waals surface area contributed by atoms with Crippen LogP contribution >= 0.6 is 11.8 Å². The second kappa shape index (κ2) is 7.13. The van der Waals surface area contributed by atoms with Crippen LogP contribution in [0.1, 0.15) is 13.8 Å². The van der Waals surface area contributed by atoms with Crippen LogP contribution in [0, 0.1) is 5.82 Å². The number of hydrogen-bond acceptors (Lipinski definition) is 4. The van der Waals surface area contributed by atoms with Crippen LogP contribution in [0.25, 0.3) is 0 Å². The summed E-state index contributed by atoms with van der Waals surface area (Å²) in [6, 6.07) is 4.83. The van der Waals surface area contributed by atoms with Crippen molar-refractivity contribution < 1.29 is 9.18 Å². The number of carbonyl (C=O) groups excluding carboxylic acids is 1. The smallest absolute Gasteiger partial charge is 0.242 e. The molecule has 1 amide bonds. The van der Waals surface area contributed by atoms with E-state index in [1.54, 1.807) is 23.9 Å². The molecule has 1 atom stereocenters. The molecule has 1 aromatic carbocycles. The second-order valence-electron chi connectivity index (χ2n) is 5.44. The van der Waals surface area contributed by atoms with Gasteiger partial charge in [0.2, 0.25) is 5.91 Å². The largest absolute Gasteiger partial charge is 0.370 e. The molecule has 1 saturated heterocycles. The Morgan fingerprint density at radius 2 is 2.29 bits per heavy atom. The number of hydrogen-bond donors (Lipinski definition) is 2. The lowest BCUT2D eigenvalue weighted by Gasteiger charge is -2.25. The molecule has 1 aliphatic heterocycles. The predicted molar refractivity (Wildman–Crippen MR) is 87.7 cm³/mol. The third kappa shape index (κ3) is 4.11. The van der Waals surface area contributed by atoms with Gasteiger partial charge in [0, 0.05) is 36.8 Å². The fourth-order valence-electron chi connectivity index (χ4n) is 2.11. The Morgan fingerprint density at radius 1 is 1.52 bits per heavy atom. The van der Waals surface area contributed by atoms with Gasteiger partial charge in [-0.15, -0.1) is 0 Å². The molecular formula is C15H22FN3OS. The molecule has 1 aromatic rings. The van der Waals surface area contributed by atoms with E-state index < -0.39 is 0 Å². The van der Waals surface area contributed by atoms with Crippen LogP contribution in [0.3, 0.4) is 0 Å². The highest BCUT2D eigenvalue weighted by Crippen LogP contribution is 2.23. The molecule has 1 aliphatic rings. The van der Waals surface area contributed by atoms with E-state index in [1.165, 1.54) is 6.07 Å². The molecule has 2 rings (SSSR count). The molecule has 1 unspecified atom stereocenters. The topological polar surface area (TPSA) is 44.4 Å². The van der Waals surface area contributed by atoms with Crippen LogP contribution in [0.15, 0.2) is 18.2 Å². The summed E-state index contributed by atoms with van der Waals surface area (Å²) < 4.78 is 14.1. The molecule has 1 fully saturated rings. The van der Waals surface area contributed by atoms with Crippen molar-refractivity contribution in [3.05, 3.63) is 24.0 Å². The Balaban J connectivity index is 2.04. The Morgan fingerprint density at radius 3 is 2.86 bits per heavy atom. The van der Waals surface area contributed by atoms with Crippen LogP contribution in [-0.2, 0) is 4.79 Å². The minimum Gasteiger partial charge on any atom is -0.370 e. The van der Waals surface area contributed by atoms with Crippen LogP contribution in [0.5, 0.6) is 0 Å². The van der Waals surface area contributed by atoms with Gasteiger partial charge in [0.15, 0.2) is 0 Å². The zero-order valence-electron chi connectivity index (χ0n) is 12.6. The fraction of sp³-hybridized carbons (Fsp3) is 0.533. The van der Waals surface area contributed by atoms with E-state index in [9.17, 15) is 9.18 Å². The molecule has 4 nitrogen and oxygen atoms in total. The molecule has 0 bridgehead atoms. The van der Waals surface area contributed by atoms with Crippen molar-refractivity contribution in [2.24, 2.45) is 0 Å². The number of halogens is 1. The molecule has 1 heterocycles. The summed E-state index contributed by atoms with van der Waals surface area (Å²) in [5.74, 6) is 1.35. The normalized spacial score (nSPS) is 18.6. The average Bonchev–Trinajstić information content (AvgIpc) is 2.47. The summed E-state index contributed by atoms with van der Waals surface area (Å²) in [6.45, 7) is 4.83. The fourth-order valence-corrected chi connectivity index (χ4v) is 3.05. The van der Waals surface area contributed by atoms with E-state index in [1.807, 2.05) is 25.8 Å². The number of nitrogens with zero attached hydrogens (tertiary/aromatic N) is 1. The van der Waals surface area contributed by atoms with E-state index in [0.717, 1.165) is 18.1 Å². The number of anilines is 2. The van der Waals surface area contributed by atoms with Gasteiger partial charge in [0.1, 0.15) is 5.82 Å². The van der Waals surface area contributed by atoms with Gasteiger partial charge in [0.05, 0.1) is 11.7 Å². The summed E-state index contributed by atoms with van der Waals surface area (Å²) in [6.07, 6.45) is 0. The van der Waals surface area contributed by atoms with Crippen molar-refractivity contribution in [3.63, 3.8) is 0 Å². The van der Waals surface area contributed by atoms with Gasteiger partial charge in [-0.25, -0.2) is 4.39 Å². The standard InChI is InChI=1S/C15H22FN3OS/c1-10(2)19(3)14-5-4-11(8-12(14)16)18-15(20)13-9-21-7-6-17-13/h4-5,8,10,13,17H,6-7,9H2,1-3H3,(H,18,20). The highest BCUT2D eigenvalue weighted by molar-refractivity contribution is 7.99. The first-order chi connectivity index (χ1) is 9.99. The van der Waals surface area contributed by atoms with Crippen molar-refractivity contribution >= 4 is 29.0 Å². The van der Waals surface area contributed by atoms with Gasteiger partial charge in [-0.05, 0) is 32.0 Å². The summed E-state index contributed by atoms with van der Waals surface area (Å²) in [7, 11) is 1.85. The van der Waals surface area contributed by atoms with Crippen molar-refractivity contribution in [1.29, 1.82) is 0 Å². The SMILES string of the molecule is CC(C)N(C)c1ccc(NC(=O)C2CSCCN2)cc1F. The Labute approximate surface area is 129 Å². The molecule has 116 valence electrons. The highest BCUT2D eigenvalue weighted by atomic mass is 32.2. The van der Waals surface area contributed by atoms with Gasteiger partial charge in [-0.3, -0.25) is 4.79 Å². The zero-order chi connectivity index (χ0) is 15.4. The van der Waals surface area contributed by atoms with E-state index in [2.05, 4.69) is 10.6 Å². The maximum atomic E-state index is 14.1. The van der Waals surface area contributed by atoms with E-state index in [-0.39, 0.29) is 23.8 Å². The van der Waals surface area contributed by atoms with E-state index in [0.29, 0.717) is 11.4 Å². The lowest BCUT2D eigenvalue weighted by molar-refractivity contribution is -0.117. The number of thioether (sulfide) groups is 1. The number of nitrogens with one attached hydrogen (secondary N) is 2. The quantitative estimate of drug-likeness (QED) is 0.896.